The Morgan fingerprint density at radius 1 is 1.26 bits per heavy atom. The average molecular weight is 372 g/mol. The van der Waals surface area contributed by atoms with Crippen LogP contribution in [0.3, 0.4) is 0 Å². The zero-order valence-corrected chi connectivity index (χ0v) is 15.9. The number of carboxylic acid groups (broad SMARTS) is 1. The second-order valence-corrected chi connectivity index (χ2v) is 8.18. The molecule has 3 aliphatic heterocycles. The van der Waals surface area contributed by atoms with Gasteiger partial charge in [0.15, 0.2) is 0 Å². The van der Waals surface area contributed by atoms with Crippen molar-refractivity contribution in [2.45, 2.75) is 26.2 Å². The third kappa shape index (κ3) is 3.20. The minimum Gasteiger partial charge on any atom is -0.493 e. The van der Waals surface area contributed by atoms with E-state index in [0.29, 0.717) is 19.6 Å². The summed E-state index contributed by atoms with van der Waals surface area (Å²) in [5, 5.41) is 10.1. The molecule has 6 nitrogen and oxygen atoms in total. The molecule has 0 saturated carbocycles. The zero-order valence-electron chi connectivity index (χ0n) is 15.9. The molecular formula is C21H28N2O4. The van der Waals surface area contributed by atoms with Crippen LogP contribution in [-0.4, -0.2) is 66.1 Å². The zero-order chi connectivity index (χ0) is 19.0. The third-order valence-corrected chi connectivity index (χ3v) is 6.74. The van der Waals surface area contributed by atoms with Crippen LogP contribution in [-0.2, 0) is 16.0 Å². The largest absolute Gasteiger partial charge is 0.493 e. The van der Waals surface area contributed by atoms with Crippen molar-refractivity contribution < 1.29 is 19.4 Å². The molecule has 1 aromatic rings. The summed E-state index contributed by atoms with van der Waals surface area (Å²) < 4.78 is 5.93. The van der Waals surface area contributed by atoms with Crippen LogP contribution in [0.1, 0.15) is 25.3 Å². The Hall–Kier alpha value is -2.08. The summed E-state index contributed by atoms with van der Waals surface area (Å²) in [7, 11) is 0. The summed E-state index contributed by atoms with van der Waals surface area (Å²) in [6.07, 6.45) is 2.15. The van der Waals surface area contributed by atoms with Crippen molar-refractivity contribution in [2.24, 2.45) is 17.3 Å². The van der Waals surface area contributed by atoms with Crippen molar-refractivity contribution in [2.75, 3.05) is 39.3 Å². The minimum atomic E-state index is -0.952. The number of carbonyl (C=O) groups excluding carboxylic acids is 1. The van der Waals surface area contributed by atoms with Gasteiger partial charge in [0.25, 0.3) is 0 Å². The summed E-state index contributed by atoms with van der Waals surface area (Å²) in [6, 6.07) is 7.66. The molecule has 1 amide bonds. The van der Waals surface area contributed by atoms with Gasteiger partial charge in [-0.2, -0.15) is 0 Å². The van der Waals surface area contributed by atoms with E-state index in [1.165, 1.54) is 0 Å². The number of carbonyl (C=O) groups is 2. The van der Waals surface area contributed by atoms with E-state index in [-0.39, 0.29) is 24.3 Å². The lowest BCUT2D eigenvalue weighted by molar-refractivity contribution is -0.151. The number of fused-ring (bicyclic) bond motifs is 2. The number of amides is 1. The first-order valence-electron chi connectivity index (χ1n) is 9.98. The van der Waals surface area contributed by atoms with Gasteiger partial charge in [-0.1, -0.05) is 25.1 Å². The maximum atomic E-state index is 13.1. The van der Waals surface area contributed by atoms with Crippen LogP contribution in [0.5, 0.6) is 5.75 Å². The van der Waals surface area contributed by atoms with Gasteiger partial charge in [-0.05, 0) is 50.5 Å². The molecule has 0 unspecified atom stereocenters. The van der Waals surface area contributed by atoms with Crippen LogP contribution >= 0.6 is 0 Å². The fraction of sp³-hybridized carbons (Fsp3) is 0.619. The number of hydrogen-bond donors (Lipinski definition) is 1. The van der Waals surface area contributed by atoms with Crippen LogP contribution in [0.15, 0.2) is 24.3 Å². The SMILES string of the molecule is CCN1CCC(C(=O)N2C[C@H]3COc4ccccc4C[C@@]3(C(=O)O)C2)CC1. The fourth-order valence-electron chi connectivity index (χ4n) is 4.95. The maximum absolute atomic E-state index is 13.1. The monoisotopic (exact) mass is 372 g/mol. The molecule has 0 spiro atoms. The van der Waals surface area contributed by atoms with Gasteiger partial charge in [0, 0.05) is 24.9 Å². The molecule has 0 radical (unpaired) electrons. The third-order valence-electron chi connectivity index (χ3n) is 6.74. The molecule has 0 aliphatic carbocycles. The number of aliphatic carboxylic acids is 1. The topological polar surface area (TPSA) is 70.1 Å². The molecule has 3 aliphatic rings. The molecule has 2 saturated heterocycles. The number of benzene rings is 1. The first kappa shape index (κ1) is 18.3. The Labute approximate surface area is 160 Å². The summed E-state index contributed by atoms with van der Waals surface area (Å²) in [5.74, 6) is -0.0646. The molecule has 0 bridgehead atoms. The number of likely N-dealkylation sites (tertiary alicyclic amines) is 2. The van der Waals surface area contributed by atoms with Crippen molar-refractivity contribution in [3.8, 4) is 5.75 Å². The van der Waals surface area contributed by atoms with Crippen molar-refractivity contribution in [1.82, 2.24) is 9.80 Å². The number of piperidine rings is 1. The molecule has 1 N–H and O–H groups in total. The van der Waals surface area contributed by atoms with Gasteiger partial charge in [-0.3, -0.25) is 9.59 Å². The van der Waals surface area contributed by atoms with Crippen LogP contribution < -0.4 is 4.74 Å². The van der Waals surface area contributed by atoms with Crippen molar-refractivity contribution in [3.05, 3.63) is 29.8 Å². The maximum Gasteiger partial charge on any atom is 0.312 e. The number of ether oxygens (including phenoxy) is 1. The molecule has 146 valence electrons. The van der Waals surface area contributed by atoms with E-state index in [9.17, 15) is 14.7 Å². The van der Waals surface area contributed by atoms with E-state index in [1.807, 2.05) is 29.2 Å². The first-order valence-corrected chi connectivity index (χ1v) is 9.98. The Balaban J connectivity index is 1.53. The molecule has 4 rings (SSSR count). The molecule has 2 atom stereocenters. The molecule has 6 heteroatoms. The van der Waals surface area contributed by atoms with Crippen LogP contribution in [0.2, 0.25) is 0 Å². The summed E-state index contributed by atoms with van der Waals surface area (Å²) >= 11 is 0. The van der Waals surface area contributed by atoms with E-state index >= 15 is 0 Å². The Kier molecular flexibility index (Phi) is 4.84. The lowest BCUT2D eigenvalue weighted by Crippen LogP contribution is -2.44. The van der Waals surface area contributed by atoms with Crippen LogP contribution in [0.25, 0.3) is 0 Å². The molecular weight excluding hydrogens is 344 g/mol. The molecule has 0 aromatic heterocycles. The Morgan fingerprint density at radius 2 is 2.00 bits per heavy atom. The van der Waals surface area contributed by atoms with Crippen molar-refractivity contribution in [3.63, 3.8) is 0 Å². The van der Waals surface area contributed by atoms with Gasteiger partial charge in [-0.25, -0.2) is 0 Å². The smallest absolute Gasteiger partial charge is 0.312 e. The van der Waals surface area contributed by atoms with E-state index in [1.54, 1.807) is 0 Å². The van der Waals surface area contributed by atoms with Crippen molar-refractivity contribution >= 4 is 11.9 Å². The quantitative estimate of drug-likeness (QED) is 0.877. The van der Waals surface area contributed by atoms with Gasteiger partial charge in [-0.15, -0.1) is 0 Å². The standard InChI is InChI=1S/C21H28N2O4/c1-2-22-9-7-15(8-10-22)19(24)23-12-17-13-27-18-6-4-3-5-16(18)11-21(17,14-23)20(25)26/h3-6,15,17H,2,7-14H2,1H3,(H,25,26)/t17-,21+/m0/s1. The lowest BCUT2D eigenvalue weighted by Gasteiger charge is -2.33. The fourth-order valence-corrected chi connectivity index (χ4v) is 4.95. The summed E-state index contributed by atoms with van der Waals surface area (Å²) in [4.78, 5) is 29.6. The van der Waals surface area contributed by atoms with Gasteiger partial charge in [0.2, 0.25) is 5.91 Å². The van der Waals surface area contributed by atoms with Gasteiger partial charge in [0.05, 0.1) is 12.0 Å². The van der Waals surface area contributed by atoms with Gasteiger partial charge in [0.1, 0.15) is 5.75 Å². The lowest BCUT2D eigenvalue weighted by atomic mass is 9.74. The van der Waals surface area contributed by atoms with Crippen molar-refractivity contribution in [1.29, 1.82) is 0 Å². The summed E-state index contributed by atoms with van der Waals surface area (Å²) in [5.41, 5.74) is -0.0280. The highest BCUT2D eigenvalue weighted by atomic mass is 16.5. The highest BCUT2D eigenvalue weighted by Crippen LogP contribution is 2.44. The van der Waals surface area contributed by atoms with Crippen LogP contribution in [0, 0.1) is 17.3 Å². The minimum absolute atomic E-state index is 0.0224. The number of nitrogens with zero attached hydrogens (tertiary/aromatic N) is 2. The second-order valence-electron chi connectivity index (χ2n) is 8.18. The van der Waals surface area contributed by atoms with E-state index in [4.69, 9.17) is 4.74 Å². The average Bonchev–Trinajstić information content (AvgIpc) is 2.98. The molecule has 2 fully saturated rings. The van der Waals surface area contributed by atoms with E-state index in [2.05, 4.69) is 11.8 Å². The van der Waals surface area contributed by atoms with Gasteiger partial charge < -0.3 is 19.6 Å². The number of rotatable bonds is 3. The highest BCUT2D eigenvalue weighted by molar-refractivity contribution is 5.83. The number of carboxylic acids is 1. The Bertz CT molecular complexity index is 729. The number of hydrogen-bond acceptors (Lipinski definition) is 4. The first-order chi connectivity index (χ1) is 13.0. The highest BCUT2D eigenvalue weighted by Gasteiger charge is 2.55. The predicted octanol–water partition coefficient (Wildman–Crippen LogP) is 1.88. The van der Waals surface area contributed by atoms with Crippen LogP contribution in [0.4, 0.5) is 0 Å². The molecule has 3 heterocycles. The van der Waals surface area contributed by atoms with E-state index < -0.39 is 11.4 Å². The second kappa shape index (κ2) is 7.15. The molecule has 1 aromatic carbocycles. The predicted molar refractivity (Wildman–Crippen MR) is 101 cm³/mol. The summed E-state index contributed by atoms with van der Waals surface area (Å²) in [6.45, 7) is 6.18. The number of para-hydroxylation sites is 1. The van der Waals surface area contributed by atoms with Gasteiger partial charge >= 0.3 is 5.97 Å². The molecule has 27 heavy (non-hydrogen) atoms. The Morgan fingerprint density at radius 3 is 2.70 bits per heavy atom. The van der Waals surface area contributed by atoms with E-state index in [0.717, 1.165) is 43.8 Å². The normalized spacial score (nSPS) is 28.8.